The molecule has 0 radical (unpaired) electrons. The molecule has 0 aliphatic carbocycles. The Balaban J connectivity index is 0.000000212. The van der Waals surface area contributed by atoms with E-state index in [0.29, 0.717) is 5.25 Å². The van der Waals surface area contributed by atoms with E-state index in [1.165, 1.54) is 12.3 Å². The van der Waals surface area contributed by atoms with Crippen molar-refractivity contribution >= 4 is 29.7 Å². The molecule has 9 heteroatoms. The van der Waals surface area contributed by atoms with Gasteiger partial charge in [-0.2, -0.15) is 11.8 Å². The van der Waals surface area contributed by atoms with Crippen LogP contribution in [0.15, 0.2) is 24.4 Å². The lowest BCUT2D eigenvalue weighted by molar-refractivity contribution is -0.137. The lowest BCUT2D eigenvalue weighted by Gasteiger charge is -2.16. The molecule has 3 rings (SSSR count). The van der Waals surface area contributed by atoms with Gasteiger partial charge in [0.15, 0.2) is 0 Å². The minimum atomic E-state index is -0.990. The summed E-state index contributed by atoms with van der Waals surface area (Å²) in [6.45, 7) is 0. The van der Waals surface area contributed by atoms with Crippen LogP contribution in [0, 0.1) is 0 Å². The van der Waals surface area contributed by atoms with Crippen LogP contribution in [0.5, 0.6) is 0 Å². The molecule has 2 saturated heterocycles. The second kappa shape index (κ2) is 9.26. The van der Waals surface area contributed by atoms with E-state index in [2.05, 4.69) is 15.6 Å². The topological polar surface area (TPSA) is 129 Å². The summed E-state index contributed by atoms with van der Waals surface area (Å²) in [6, 6.07) is 5.20. The van der Waals surface area contributed by atoms with Crippen molar-refractivity contribution in [2.24, 2.45) is 0 Å². The number of unbranched alkanes of at least 4 members (excludes halogenated alkanes) is 1. The van der Waals surface area contributed by atoms with E-state index in [9.17, 15) is 14.4 Å². The maximum absolute atomic E-state index is 11.1. The van der Waals surface area contributed by atoms with Crippen LogP contribution in [0.25, 0.3) is 0 Å². The Bertz CT molecular complexity index is 613. The number of pyridine rings is 1. The first-order chi connectivity index (χ1) is 12.0. The molecule has 4 N–H and O–H groups in total. The fraction of sp³-hybridized carbons (Fsp3) is 0.500. The molecular weight excluding hydrogens is 346 g/mol. The summed E-state index contributed by atoms with van der Waals surface area (Å²) in [6.07, 6.45) is 4.33. The highest BCUT2D eigenvalue weighted by molar-refractivity contribution is 8.00. The van der Waals surface area contributed by atoms with E-state index in [-0.39, 0.29) is 30.2 Å². The van der Waals surface area contributed by atoms with Gasteiger partial charge < -0.3 is 20.8 Å². The van der Waals surface area contributed by atoms with Gasteiger partial charge in [-0.3, -0.25) is 4.79 Å². The molecule has 0 unspecified atom stereocenters. The highest BCUT2D eigenvalue weighted by Crippen LogP contribution is 2.33. The van der Waals surface area contributed by atoms with Gasteiger partial charge in [-0.25, -0.2) is 14.6 Å². The van der Waals surface area contributed by atoms with E-state index < -0.39 is 11.9 Å². The standard InChI is InChI=1S/C10H16N2O3S.C6H5NO2/c13-8(14)4-2-1-3-7-9-6(5-16-7)11-10(15)12-9;8-6(9)5-3-1-2-4-7-5/h6-7,9H,1-5H2,(H,13,14)(H2,11,12,15);1-4H,(H,8,9)/t6-,7-,9-;/m0./s1. The molecule has 2 amide bonds. The molecule has 0 saturated carbocycles. The maximum Gasteiger partial charge on any atom is 0.354 e. The number of nitrogens with zero attached hydrogens (tertiary/aromatic N) is 1. The van der Waals surface area contributed by atoms with Gasteiger partial charge in [-0.15, -0.1) is 0 Å². The fourth-order valence-corrected chi connectivity index (χ4v) is 4.30. The molecule has 1 aromatic heterocycles. The first-order valence-corrected chi connectivity index (χ1v) is 9.07. The number of thioether (sulfide) groups is 1. The Morgan fingerprint density at radius 2 is 2.04 bits per heavy atom. The fourth-order valence-electron chi connectivity index (χ4n) is 2.75. The van der Waals surface area contributed by atoms with Crippen LogP contribution in [-0.4, -0.2) is 56.3 Å². The van der Waals surface area contributed by atoms with Crippen LogP contribution in [0.1, 0.15) is 36.2 Å². The van der Waals surface area contributed by atoms with Crippen LogP contribution in [-0.2, 0) is 4.79 Å². The molecule has 0 spiro atoms. The molecule has 25 heavy (non-hydrogen) atoms. The number of carbonyl (C=O) groups is 3. The number of urea groups is 1. The van der Waals surface area contributed by atoms with Gasteiger partial charge in [0.25, 0.3) is 0 Å². The molecule has 8 nitrogen and oxygen atoms in total. The number of hydrogen-bond donors (Lipinski definition) is 4. The van der Waals surface area contributed by atoms with Crippen LogP contribution in [0.3, 0.4) is 0 Å². The van der Waals surface area contributed by atoms with E-state index in [0.717, 1.165) is 25.0 Å². The molecule has 136 valence electrons. The number of amides is 2. The van der Waals surface area contributed by atoms with Crippen molar-refractivity contribution in [1.82, 2.24) is 15.6 Å². The van der Waals surface area contributed by atoms with Crippen LogP contribution in [0.4, 0.5) is 4.79 Å². The number of carboxylic acids is 2. The number of aliphatic carboxylic acids is 1. The smallest absolute Gasteiger partial charge is 0.354 e. The molecule has 2 fully saturated rings. The Hall–Kier alpha value is -2.29. The summed E-state index contributed by atoms with van der Waals surface area (Å²) in [4.78, 5) is 35.2. The summed E-state index contributed by atoms with van der Waals surface area (Å²) in [5, 5.41) is 23.1. The quantitative estimate of drug-likeness (QED) is 0.444. The third-order valence-corrected chi connectivity index (χ3v) is 5.46. The lowest BCUT2D eigenvalue weighted by atomic mass is 10.0. The zero-order valence-corrected chi connectivity index (χ0v) is 14.4. The number of carbonyl (C=O) groups excluding carboxylic acids is 1. The largest absolute Gasteiger partial charge is 0.481 e. The van der Waals surface area contributed by atoms with Crippen molar-refractivity contribution in [1.29, 1.82) is 0 Å². The molecule has 2 aliphatic heterocycles. The van der Waals surface area contributed by atoms with E-state index in [1.54, 1.807) is 12.1 Å². The Kier molecular flexibility index (Phi) is 7.05. The van der Waals surface area contributed by atoms with Crippen LogP contribution >= 0.6 is 11.8 Å². The highest BCUT2D eigenvalue weighted by Gasteiger charge is 2.42. The zero-order chi connectivity index (χ0) is 18.2. The number of aromatic carboxylic acids is 1. The van der Waals surface area contributed by atoms with E-state index in [4.69, 9.17) is 10.2 Å². The van der Waals surface area contributed by atoms with Crippen molar-refractivity contribution in [3.05, 3.63) is 30.1 Å². The predicted molar refractivity (Wildman–Crippen MR) is 92.8 cm³/mol. The summed E-state index contributed by atoms with van der Waals surface area (Å²) in [5.74, 6) is -0.754. The summed E-state index contributed by atoms with van der Waals surface area (Å²) >= 11 is 1.87. The average Bonchev–Trinajstić information content (AvgIpc) is 3.12. The number of aromatic nitrogens is 1. The Morgan fingerprint density at radius 3 is 2.64 bits per heavy atom. The minimum absolute atomic E-state index is 0.0640. The van der Waals surface area contributed by atoms with Gasteiger partial charge >= 0.3 is 18.0 Å². The molecule has 0 bridgehead atoms. The Morgan fingerprint density at radius 1 is 1.24 bits per heavy atom. The molecule has 3 heterocycles. The minimum Gasteiger partial charge on any atom is -0.481 e. The maximum atomic E-state index is 11.1. The summed E-state index contributed by atoms with van der Waals surface area (Å²) < 4.78 is 0. The number of hydrogen-bond acceptors (Lipinski definition) is 5. The van der Waals surface area contributed by atoms with Gasteiger partial charge in [0.05, 0.1) is 12.1 Å². The molecular formula is C16H21N3O5S. The van der Waals surface area contributed by atoms with Crippen molar-refractivity contribution in [2.75, 3.05) is 5.75 Å². The van der Waals surface area contributed by atoms with Crippen molar-refractivity contribution in [2.45, 2.75) is 43.0 Å². The SMILES string of the molecule is O=C(O)CCCC[C@@H]1SC[C@@H]2NC(=O)N[C@@H]21.O=C(O)c1ccccn1. The summed E-state index contributed by atoms with van der Waals surface area (Å²) in [7, 11) is 0. The second-order valence-corrected chi connectivity index (χ2v) is 7.05. The molecule has 1 aromatic rings. The van der Waals surface area contributed by atoms with E-state index in [1.807, 2.05) is 11.8 Å². The van der Waals surface area contributed by atoms with Gasteiger partial charge in [0, 0.05) is 23.6 Å². The first kappa shape index (κ1) is 19.0. The highest BCUT2D eigenvalue weighted by atomic mass is 32.2. The third-order valence-electron chi connectivity index (χ3n) is 3.95. The van der Waals surface area contributed by atoms with Crippen LogP contribution < -0.4 is 10.6 Å². The number of rotatable bonds is 6. The van der Waals surface area contributed by atoms with Crippen molar-refractivity contribution in [3.63, 3.8) is 0 Å². The average molecular weight is 367 g/mol. The predicted octanol–water partition coefficient (Wildman–Crippen LogP) is 1.58. The van der Waals surface area contributed by atoms with Crippen LogP contribution in [0.2, 0.25) is 0 Å². The van der Waals surface area contributed by atoms with Gasteiger partial charge in [0.2, 0.25) is 0 Å². The van der Waals surface area contributed by atoms with Gasteiger partial charge in [-0.05, 0) is 25.0 Å². The second-order valence-electron chi connectivity index (χ2n) is 5.78. The van der Waals surface area contributed by atoms with E-state index >= 15 is 0 Å². The molecule has 2 aliphatic rings. The zero-order valence-electron chi connectivity index (χ0n) is 13.6. The third kappa shape index (κ3) is 5.93. The summed E-state index contributed by atoms with van der Waals surface area (Å²) in [5.41, 5.74) is 0.0810. The molecule has 3 atom stereocenters. The van der Waals surface area contributed by atoms with Crippen molar-refractivity contribution < 1.29 is 24.6 Å². The number of nitrogens with one attached hydrogen (secondary N) is 2. The normalized spacial score (nSPS) is 23.7. The monoisotopic (exact) mass is 367 g/mol. The lowest BCUT2D eigenvalue weighted by Crippen LogP contribution is -2.36. The number of fused-ring (bicyclic) bond motifs is 1. The van der Waals surface area contributed by atoms with Gasteiger partial charge in [0.1, 0.15) is 5.69 Å². The van der Waals surface area contributed by atoms with Crippen molar-refractivity contribution in [3.8, 4) is 0 Å². The molecule has 0 aromatic carbocycles. The number of carboxylic acid groups (broad SMARTS) is 2. The first-order valence-electron chi connectivity index (χ1n) is 8.02. The Labute approximate surface area is 149 Å². The van der Waals surface area contributed by atoms with Gasteiger partial charge in [-0.1, -0.05) is 12.5 Å².